The molecule has 3 aromatic rings. The Balaban J connectivity index is 1.51. The molecule has 0 spiro atoms. The standard InChI is InChI=1S/C24H29N3O4/c1-16(2)15-29-18-10-12-20(13-11-18)30-19-8-6-17(7-9-19)25-23(28)26-22-14-21(31-27-22)24(3,4)5/h6-14,16H,15H2,1-5H3,(H2,25,26,27,28). The minimum absolute atomic E-state index is 0.180. The summed E-state index contributed by atoms with van der Waals surface area (Å²) in [5.74, 6) is 3.71. The maximum Gasteiger partial charge on any atom is 0.324 e. The van der Waals surface area contributed by atoms with Crippen LogP contribution in [0.2, 0.25) is 0 Å². The van der Waals surface area contributed by atoms with Crippen LogP contribution in [0, 0.1) is 5.92 Å². The first kappa shape index (κ1) is 22.2. The fourth-order valence-electron chi connectivity index (χ4n) is 2.58. The molecule has 1 aromatic heterocycles. The number of benzene rings is 2. The first-order valence-electron chi connectivity index (χ1n) is 10.2. The van der Waals surface area contributed by atoms with Gasteiger partial charge >= 0.3 is 6.03 Å². The summed E-state index contributed by atoms with van der Waals surface area (Å²) in [5.41, 5.74) is 0.447. The zero-order chi connectivity index (χ0) is 22.4. The van der Waals surface area contributed by atoms with Gasteiger partial charge in [-0.1, -0.05) is 39.8 Å². The number of ether oxygens (including phenoxy) is 2. The second-order valence-corrected chi connectivity index (χ2v) is 8.71. The number of urea groups is 1. The number of anilines is 2. The lowest BCUT2D eigenvalue weighted by Gasteiger charge is -2.12. The molecule has 0 saturated heterocycles. The molecule has 0 atom stereocenters. The number of hydrogen-bond acceptors (Lipinski definition) is 5. The van der Waals surface area contributed by atoms with Crippen molar-refractivity contribution in [2.75, 3.05) is 17.2 Å². The number of amides is 2. The van der Waals surface area contributed by atoms with Crippen molar-refractivity contribution in [3.8, 4) is 17.2 Å². The van der Waals surface area contributed by atoms with Crippen molar-refractivity contribution in [1.29, 1.82) is 0 Å². The second kappa shape index (κ2) is 9.55. The summed E-state index contributed by atoms with van der Waals surface area (Å²) < 4.78 is 16.8. The third kappa shape index (κ3) is 6.77. The van der Waals surface area contributed by atoms with Crippen LogP contribution < -0.4 is 20.1 Å². The minimum atomic E-state index is -0.403. The van der Waals surface area contributed by atoms with Crippen LogP contribution in [-0.2, 0) is 5.41 Å². The smallest absolute Gasteiger partial charge is 0.324 e. The molecule has 31 heavy (non-hydrogen) atoms. The molecule has 2 amide bonds. The molecule has 7 nitrogen and oxygen atoms in total. The Morgan fingerprint density at radius 3 is 2.10 bits per heavy atom. The van der Waals surface area contributed by atoms with Gasteiger partial charge in [0.15, 0.2) is 5.82 Å². The van der Waals surface area contributed by atoms with E-state index >= 15 is 0 Å². The number of rotatable bonds is 7. The molecule has 164 valence electrons. The van der Waals surface area contributed by atoms with E-state index in [9.17, 15) is 4.79 Å². The van der Waals surface area contributed by atoms with E-state index in [1.54, 1.807) is 30.3 Å². The first-order chi connectivity index (χ1) is 14.7. The Bertz CT molecular complexity index is 987. The molecule has 0 aliphatic heterocycles. The average molecular weight is 424 g/mol. The van der Waals surface area contributed by atoms with Gasteiger partial charge in [-0.15, -0.1) is 0 Å². The van der Waals surface area contributed by atoms with Gasteiger partial charge in [0.05, 0.1) is 6.61 Å². The highest BCUT2D eigenvalue weighted by molar-refractivity contribution is 5.99. The number of nitrogens with one attached hydrogen (secondary N) is 2. The molecule has 3 rings (SSSR count). The van der Waals surface area contributed by atoms with Crippen LogP contribution in [-0.4, -0.2) is 17.8 Å². The summed E-state index contributed by atoms with van der Waals surface area (Å²) >= 11 is 0. The van der Waals surface area contributed by atoms with Crippen molar-refractivity contribution in [2.24, 2.45) is 5.92 Å². The van der Waals surface area contributed by atoms with Crippen LogP contribution in [0.1, 0.15) is 40.4 Å². The molecule has 0 unspecified atom stereocenters. The molecule has 0 radical (unpaired) electrons. The molecule has 2 aromatic carbocycles. The summed E-state index contributed by atoms with van der Waals surface area (Å²) in [6.45, 7) is 10.9. The lowest BCUT2D eigenvalue weighted by molar-refractivity contribution is 0.262. The number of carbonyl (C=O) groups is 1. The van der Waals surface area contributed by atoms with Crippen LogP contribution in [0.4, 0.5) is 16.3 Å². The van der Waals surface area contributed by atoms with Gasteiger partial charge in [-0.05, 0) is 54.4 Å². The van der Waals surface area contributed by atoms with Crippen LogP contribution in [0.25, 0.3) is 0 Å². The molecule has 1 heterocycles. The Labute approximate surface area is 182 Å². The SMILES string of the molecule is CC(C)COc1ccc(Oc2ccc(NC(=O)Nc3cc(C(C)(C)C)on3)cc2)cc1. The van der Waals surface area contributed by atoms with Crippen LogP contribution in [0.3, 0.4) is 0 Å². The highest BCUT2D eigenvalue weighted by atomic mass is 16.5. The van der Waals surface area contributed by atoms with E-state index in [1.165, 1.54) is 0 Å². The van der Waals surface area contributed by atoms with Gasteiger partial charge in [0.2, 0.25) is 0 Å². The van der Waals surface area contributed by atoms with Gasteiger partial charge < -0.3 is 19.3 Å². The van der Waals surface area contributed by atoms with E-state index in [1.807, 2.05) is 45.0 Å². The van der Waals surface area contributed by atoms with E-state index in [2.05, 4.69) is 29.6 Å². The molecular weight excluding hydrogens is 394 g/mol. The van der Waals surface area contributed by atoms with Crippen molar-refractivity contribution >= 4 is 17.5 Å². The maximum absolute atomic E-state index is 12.2. The monoisotopic (exact) mass is 423 g/mol. The van der Waals surface area contributed by atoms with Crippen molar-refractivity contribution in [3.63, 3.8) is 0 Å². The molecule has 0 aliphatic rings. The van der Waals surface area contributed by atoms with Gasteiger partial charge in [-0.25, -0.2) is 4.79 Å². The molecule has 0 saturated carbocycles. The fraction of sp³-hybridized carbons (Fsp3) is 0.333. The zero-order valence-electron chi connectivity index (χ0n) is 18.6. The molecule has 0 fully saturated rings. The summed E-state index contributed by atoms with van der Waals surface area (Å²) in [7, 11) is 0. The Morgan fingerprint density at radius 2 is 1.55 bits per heavy atom. The highest BCUT2D eigenvalue weighted by Crippen LogP contribution is 2.26. The first-order valence-corrected chi connectivity index (χ1v) is 10.2. The lowest BCUT2D eigenvalue weighted by Crippen LogP contribution is -2.19. The molecule has 0 aliphatic carbocycles. The topological polar surface area (TPSA) is 85.6 Å². The van der Waals surface area contributed by atoms with Crippen LogP contribution in [0.15, 0.2) is 59.1 Å². The number of carbonyl (C=O) groups excluding carboxylic acids is 1. The molecular formula is C24H29N3O4. The predicted octanol–water partition coefficient (Wildman–Crippen LogP) is 6.44. The molecule has 7 heteroatoms. The van der Waals surface area contributed by atoms with E-state index in [-0.39, 0.29) is 5.41 Å². The van der Waals surface area contributed by atoms with E-state index in [4.69, 9.17) is 14.0 Å². The fourth-order valence-corrected chi connectivity index (χ4v) is 2.58. The van der Waals surface area contributed by atoms with Gasteiger partial charge in [-0.2, -0.15) is 0 Å². The summed E-state index contributed by atoms with van der Waals surface area (Å²) in [5, 5.41) is 9.29. The summed E-state index contributed by atoms with van der Waals surface area (Å²) in [6.07, 6.45) is 0. The Kier molecular flexibility index (Phi) is 6.84. The third-order valence-corrected chi connectivity index (χ3v) is 4.25. The van der Waals surface area contributed by atoms with E-state index < -0.39 is 6.03 Å². The largest absolute Gasteiger partial charge is 0.493 e. The number of hydrogen-bond donors (Lipinski definition) is 2. The molecule has 0 bridgehead atoms. The van der Waals surface area contributed by atoms with E-state index in [0.29, 0.717) is 41.3 Å². The van der Waals surface area contributed by atoms with Crippen LogP contribution >= 0.6 is 0 Å². The molecule has 2 N–H and O–H groups in total. The number of nitrogens with zero attached hydrogens (tertiary/aromatic N) is 1. The van der Waals surface area contributed by atoms with Crippen molar-refractivity contribution in [2.45, 2.75) is 40.0 Å². The van der Waals surface area contributed by atoms with Gasteiger partial charge in [0.1, 0.15) is 23.0 Å². The quantitative estimate of drug-likeness (QED) is 0.456. The maximum atomic E-state index is 12.2. The van der Waals surface area contributed by atoms with Crippen molar-refractivity contribution in [3.05, 3.63) is 60.4 Å². The third-order valence-electron chi connectivity index (χ3n) is 4.25. The number of aromatic nitrogens is 1. The van der Waals surface area contributed by atoms with Gasteiger partial charge in [0.25, 0.3) is 0 Å². The zero-order valence-corrected chi connectivity index (χ0v) is 18.6. The van der Waals surface area contributed by atoms with Crippen LogP contribution in [0.5, 0.6) is 17.2 Å². The van der Waals surface area contributed by atoms with E-state index in [0.717, 1.165) is 5.75 Å². The Morgan fingerprint density at radius 1 is 0.968 bits per heavy atom. The predicted molar refractivity (Wildman–Crippen MR) is 121 cm³/mol. The van der Waals surface area contributed by atoms with Crippen molar-refractivity contribution < 1.29 is 18.8 Å². The van der Waals surface area contributed by atoms with Gasteiger partial charge in [-0.3, -0.25) is 5.32 Å². The van der Waals surface area contributed by atoms with Crippen molar-refractivity contribution in [1.82, 2.24) is 5.16 Å². The second-order valence-electron chi connectivity index (χ2n) is 8.71. The summed E-state index contributed by atoms with van der Waals surface area (Å²) in [4.78, 5) is 12.2. The normalized spacial score (nSPS) is 11.3. The van der Waals surface area contributed by atoms with Gasteiger partial charge in [0, 0.05) is 17.2 Å². The highest BCUT2D eigenvalue weighted by Gasteiger charge is 2.20. The lowest BCUT2D eigenvalue weighted by atomic mass is 9.93. The Hall–Kier alpha value is -3.48. The summed E-state index contributed by atoms with van der Waals surface area (Å²) in [6, 6.07) is 15.9. The average Bonchev–Trinajstić information content (AvgIpc) is 3.18. The minimum Gasteiger partial charge on any atom is -0.493 e.